The Balaban J connectivity index is 1.63. The molecule has 11 heteroatoms. The number of methoxy groups -OCH3 is 1. The number of pyridine rings is 1. The standard InChI is InChI=1S/C25H29F2N5O3S/c1-34-21-12-30-20(23(26)27)11-18(21)17-10-16(31-24(33)15-8-9-35-13-15)5-6-19(17)32-25(29)36-22(28)7-4-14-2-3-14/h5-6,10-12,14-15,22-23,25,32H,2-3,8-9,13,28-29H2,1H3,(H,31,33). The van der Waals surface area contributed by atoms with Gasteiger partial charge in [-0.25, -0.2) is 8.78 Å². The molecule has 1 saturated heterocycles. The number of amides is 1. The first-order valence-electron chi connectivity index (χ1n) is 11.6. The highest BCUT2D eigenvalue weighted by molar-refractivity contribution is 8.00. The van der Waals surface area contributed by atoms with E-state index in [9.17, 15) is 13.6 Å². The Morgan fingerprint density at radius 1 is 1.25 bits per heavy atom. The number of nitrogens with one attached hydrogen (secondary N) is 2. The van der Waals surface area contributed by atoms with Crippen molar-refractivity contribution in [1.29, 1.82) is 0 Å². The number of ether oxygens (including phenoxy) is 2. The van der Waals surface area contributed by atoms with Crippen molar-refractivity contribution >= 4 is 29.0 Å². The number of nitrogens with two attached hydrogens (primary N) is 2. The molecule has 1 aromatic heterocycles. The largest absolute Gasteiger partial charge is 0.494 e. The second kappa shape index (κ2) is 11.9. The third-order valence-corrected chi connectivity index (χ3v) is 6.63. The van der Waals surface area contributed by atoms with E-state index in [2.05, 4.69) is 27.5 Å². The van der Waals surface area contributed by atoms with Crippen molar-refractivity contribution in [3.8, 4) is 28.7 Å². The molecular weight excluding hydrogens is 488 g/mol. The van der Waals surface area contributed by atoms with Crippen LogP contribution in [0, 0.1) is 23.7 Å². The number of nitrogens with zero attached hydrogens (tertiary/aromatic N) is 1. The number of hydrogen-bond acceptors (Lipinski definition) is 8. The van der Waals surface area contributed by atoms with Gasteiger partial charge in [0.05, 0.1) is 25.8 Å². The predicted molar refractivity (Wildman–Crippen MR) is 136 cm³/mol. The fourth-order valence-electron chi connectivity index (χ4n) is 3.71. The van der Waals surface area contributed by atoms with E-state index in [1.165, 1.54) is 31.1 Å². The molecule has 0 radical (unpaired) electrons. The number of rotatable bonds is 9. The van der Waals surface area contributed by atoms with Gasteiger partial charge in [-0.2, -0.15) is 0 Å². The highest BCUT2D eigenvalue weighted by Gasteiger charge is 2.24. The number of halogens is 2. The van der Waals surface area contributed by atoms with E-state index < -0.39 is 23.0 Å². The first-order chi connectivity index (χ1) is 17.3. The average Bonchev–Trinajstić information content (AvgIpc) is 3.53. The maximum Gasteiger partial charge on any atom is 0.280 e. The van der Waals surface area contributed by atoms with E-state index in [-0.39, 0.29) is 11.8 Å². The lowest BCUT2D eigenvalue weighted by Gasteiger charge is -2.21. The molecule has 36 heavy (non-hydrogen) atoms. The first-order valence-corrected chi connectivity index (χ1v) is 12.6. The van der Waals surface area contributed by atoms with Crippen molar-refractivity contribution in [1.82, 2.24) is 4.98 Å². The van der Waals surface area contributed by atoms with E-state index in [0.717, 1.165) is 12.8 Å². The zero-order valence-corrected chi connectivity index (χ0v) is 20.6. The summed E-state index contributed by atoms with van der Waals surface area (Å²) in [4.78, 5) is 16.4. The van der Waals surface area contributed by atoms with Crippen molar-refractivity contribution in [3.05, 3.63) is 36.2 Å². The minimum Gasteiger partial charge on any atom is -0.494 e. The molecule has 0 bridgehead atoms. The minimum absolute atomic E-state index is 0.165. The van der Waals surface area contributed by atoms with Crippen LogP contribution >= 0.6 is 11.8 Å². The van der Waals surface area contributed by atoms with Crippen LogP contribution < -0.4 is 26.8 Å². The highest BCUT2D eigenvalue weighted by Crippen LogP contribution is 2.39. The maximum absolute atomic E-state index is 13.5. The molecule has 1 saturated carbocycles. The normalized spacial score (nSPS) is 18.8. The van der Waals surface area contributed by atoms with E-state index in [1.54, 1.807) is 18.2 Å². The monoisotopic (exact) mass is 517 g/mol. The molecule has 3 unspecified atom stereocenters. The topological polar surface area (TPSA) is 125 Å². The number of hydrogen-bond donors (Lipinski definition) is 4. The summed E-state index contributed by atoms with van der Waals surface area (Å²) in [5.74, 6) is 6.44. The van der Waals surface area contributed by atoms with Crippen molar-refractivity contribution in [2.75, 3.05) is 31.0 Å². The molecule has 2 aromatic rings. The van der Waals surface area contributed by atoms with Crippen LogP contribution in [0.1, 0.15) is 31.4 Å². The van der Waals surface area contributed by atoms with Crippen LogP contribution in [0.3, 0.4) is 0 Å². The van der Waals surface area contributed by atoms with Crippen LogP contribution in [-0.4, -0.2) is 42.1 Å². The Morgan fingerprint density at radius 2 is 2.06 bits per heavy atom. The Labute approximate surface area is 212 Å². The summed E-state index contributed by atoms with van der Waals surface area (Å²) >= 11 is 1.24. The zero-order valence-electron chi connectivity index (χ0n) is 19.8. The summed E-state index contributed by atoms with van der Waals surface area (Å²) < 4.78 is 37.7. The minimum atomic E-state index is -2.77. The molecule has 4 rings (SSSR count). The van der Waals surface area contributed by atoms with Crippen LogP contribution in [0.15, 0.2) is 30.5 Å². The second-order valence-electron chi connectivity index (χ2n) is 8.60. The lowest BCUT2D eigenvalue weighted by atomic mass is 10.0. The molecule has 1 aliphatic carbocycles. The summed E-state index contributed by atoms with van der Waals surface area (Å²) in [7, 11) is 1.43. The van der Waals surface area contributed by atoms with Gasteiger partial charge in [0.1, 0.15) is 22.3 Å². The van der Waals surface area contributed by atoms with Crippen molar-refractivity contribution in [3.63, 3.8) is 0 Å². The van der Waals surface area contributed by atoms with Gasteiger partial charge in [-0.1, -0.05) is 23.6 Å². The fourth-order valence-corrected chi connectivity index (χ4v) is 4.36. The summed E-state index contributed by atoms with van der Waals surface area (Å²) in [6, 6.07) is 6.39. The maximum atomic E-state index is 13.5. The second-order valence-corrected chi connectivity index (χ2v) is 9.89. The number of anilines is 2. The van der Waals surface area contributed by atoms with Crippen LogP contribution in [0.4, 0.5) is 20.2 Å². The molecule has 2 fully saturated rings. The van der Waals surface area contributed by atoms with Gasteiger partial charge in [0.25, 0.3) is 6.43 Å². The van der Waals surface area contributed by atoms with Gasteiger partial charge in [-0.05, 0) is 43.5 Å². The zero-order chi connectivity index (χ0) is 25.7. The van der Waals surface area contributed by atoms with Gasteiger partial charge in [0, 0.05) is 35.0 Å². The van der Waals surface area contributed by atoms with E-state index in [4.69, 9.17) is 20.9 Å². The molecule has 1 amide bonds. The predicted octanol–water partition coefficient (Wildman–Crippen LogP) is 3.76. The number of benzene rings is 1. The van der Waals surface area contributed by atoms with Gasteiger partial charge < -0.3 is 31.6 Å². The van der Waals surface area contributed by atoms with Crippen molar-refractivity contribution in [2.45, 2.75) is 36.6 Å². The Hall–Kier alpha value is -2.91. The van der Waals surface area contributed by atoms with E-state index >= 15 is 0 Å². The van der Waals surface area contributed by atoms with Gasteiger partial charge >= 0.3 is 0 Å². The van der Waals surface area contributed by atoms with Gasteiger partial charge in [0.15, 0.2) is 0 Å². The smallest absolute Gasteiger partial charge is 0.280 e. The molecule has 1 aromatic carbocycles. The lowest BCUT2D eigenvalue weighted by molar-refractivity contribution is -0.119. The molecule has 2 aliphatic rings. The third kappa shape index (κ3) is 6.85. The number of alkyl halides is 2. The van der Waals surface area contributed by atoms with Gasteiger partial charge in [0.2, 0.25) is 5.91 Å². The SMILES string of the molecule is COc1cnc(C(F)F)cc1-c1cc(NC(=O)C2CCOC2)ccc1NC(N)SC(N)C#CC1CC1. The lowest BCUT2D eigenvalue weighted by Crippen LogP contribution is -2.31. The van der Waals surface area contributed by atoms with Crippen LogP contribution in [0.25, 0.3) is 11.1 Å². The first kappa shape index (κ1) is 26.2. The fraction of sp³-hybridized carbons (Fsp3) is 0.440. The number of aromatic nitrogens is 1. The summed E-state index contributed by atoms with van der Waals surface area (Å²) in [5.41, 5.74) is 13.3. The molecule has 1 aliphatic heterocycles. The summed E-state index contributed by atoms with van der Waals surface area (Å²) in [5, 5.41) is 5.58. The average molecular weight is 518 g/mol. The Bertz CT molecular complexity index is 1150. The quantitative estimate of drug-likeness (QED) is 0.293. The summed E-state index contributed by atoms with van der Waals surface area (Å²) in [6.45, 7) is 0.907. The molecule has 6 N–H and O–H groups in total. The van der Waals surface area contributed by atoms with Crippen LogP contribution in [0.5, 0.6) is 5.75 Å². The molecule has 8 nitrogen and oxygen atoms in total. The van der Waals surface area contributed by atoms with Crippen molar-refractivity contribution in [2.24, 2.45) is 23.3 Å². The molecule has 2 heterocycles. The van der Waals surface area contributed by atoms with E-state index in [0.29, 0.717) is 53.8 Å². The molecular formula is C25H29F2N5O3S. The third-order valence-electron chi connectivity index (χ3n) is 5.81. The molecule has 0 spiro atoms. The van der Waals surface area contributed by atoms with Crippen LogP contribution in [0.2, 0.25) is 0 Å². The number of carbonyl (C=O) groups excluding carboxylic acids is 1. The molecule has 192 valence electrons. The van der Waals surface area contributed by atoms with Gasteiger partial charge in [-0.3, -0.25) is 9.78 Å². The number of thioether (sulfide) groups is 1. The highest BCUT2D eigenvalue weighted by atomic mass is 32.2. The van der Waals surface area contributed by atoms with E-state index in [1.807, 2.05) is 0 Å². The molecule has 3 atom stereocenters. The van der Waals surface area contributed by atoms with Crippen LogP contribution in [-0.2, 0) is 9.53 Å². The van der Waals surface area contributed by atoms with Crippen molar-refractivity contribution < 1.29 is 23.0 Å². The Morgan fingerprint density at radius 3 is 2.72 bits per heavy atom. The Kier molecular flexibility index (Phi) is 8.64. The number of carbonyl (C=O) groups is 1. The summed E-state index contributed by atoms with van der Waals surface area (Å²) in [6.07, 6.45) is 1.33. The van der Waals surface area contributed by atoms with Gasteiger partial charge in [-0.15, -0.1) is 0 Å².